The molecule has 1 aromatic carbocycles. The summed E-state index contributed by atoms with van der Waals surface area (Å²) in [6, 6.07) is 4.39. The van der Waals surface area contributed by atoms with Crippen LogP contribution in [0.15, 0.2) is 18.2 Å². The molecule has 0 radical (unpaired) electrons. The second-order valence-corrected chi connectivity index (χ2v) is 5.52. The van der Waals surface area contributed by atoms with Crippen LogP contribution in [0.1, 0.15) is 17.3 Å². The number of halogens is 2. The Labute approximate surface area is 138 Å². The van der Waals surface area contributed by atoms with Gasteiger partial charge in [-0.25, -0.2) is 0 Å². The van der Waals surface area contributed by atoms with Gasteiger partial charge in [-0.05, 0) is 25.1 Å². The van der Waals surface area contributed by atoms with E-state index in [9.17, 15) is 14.4 Å². The van der Waals surface area contributed by atoms with E-state index in [0.29, 0.717) is 5.02 Å². The number of carbonyl (C=O) groups is 3. The van der Waals surface area contributed by atoms with Gasteiger partial charge in [0.15, 0.2) is 6.10 Å². The standard InChI is InChI=1S/C14H16Cl2N2O4/c1-8(14(21)18(2)3)22-12(19)7-17-13(20)10-5-4-9(15)6-11(10)16/h4-6,8H,7H2,1-3H3,(H,17,20)/t8-/m0/s1. The maximum Gasteiger partial charge on any atom is 0.326 e. The van der Waals surface area contributed by atoms with Crippen LogP contribution < -0.4 is 5.32 Å². The average Bonchev–Trinajstić information content (AvgIpc) is 2.43. The van der Waals surface area contributed by atoms with Crippen LogP contribution in [0, 0.1) is 0 Å². The van der Waals surface area contributed by atoms with Gasteiger partial charge in [0.1, 0.15) is 6.54 Å². The molecule has 2 amide bonds. The zero-order valence-electron chi connectivity index (χ0n) is 12.4. The summed E-state index contributed by atoms with van der Waals surface area (Å²) >= 11 is 11.6. The molecule has 0 spiro atoms. The SMILES string of the molecule is C[C@H](OC(=O)CNC(=O)c1ccc(Cl)cc1Cl)C(=O)N(C)C. The molecule has 0 bridgehead atoms. The molecule has 8 heteroatoms. The molecule has 0 saturated heterocycles. The molecule has 0 aromatic heterocycles. The molecule has 0 unspecified atom stereocenters. The predicted octanol–water partition coefficient (Wildman–Crippen LogP) is 1.74. The molecule has 0 heterocycles. The first kappa shape index (κ1) is 18.3. The minimum atomic E-state index is -0.918. The minimum absolute atomic E-state index is 0.175. The van der Waals surface area contributed by atoms with Crippen molar-refractivity contribution >= 4 is 41.0 Å². The van der Waals surface area contributed by atoms with Crippen molar-refractivity contribution in [2.45, 2.75) is 13.0 Å². The van der Waals surface area contributed by atoms with E-state index in [1.54, 1.807) is 14.1 Å². The number of hydrogen-bond acceptors (Lipinski definition) is 4. The molecule has 0 aliphatic carbocycles. The smallest absolute Gasteiger partial charge is 0.326 e. The molecule has 0 aliphatic rings. The van der Waals surface area contributed by atoms with Crippen molar-refractivity contribution in [1.82, 2.24) is 10.2 Å². The van der Waals surface area contributed by atoms with Crippen molar-refractivity contribution in [3.8, 4) is 0 Å². The molecule has 1 atom stereocenters. The van der Waals surface area contributed by atoms with E-state index in [0.717, 1.165) is 0 Å². The number of amides is 2. The van der Waals surface area contributed by atoms with Crippen LogP contribution in [0.3, 0.4) is 0 Å². The summed E-state index contributed by atoms with van der Waals surface area (Å²) < 4.78 is 4.91. The van der Waals surface area contributed by atoms with Gasteiger partial charge in [0.25, 0.3) is 11.8 Å². The summed E-state index contributed by atoms with van der Waals surface area (Å²) in [5.41, 5.74) is 0.191. The van der Waals surface area contributed by atoms with E-state index in [4.69, 9.17) is 27.9 Å². The van der Waals surface area contributed by atoms with Crippen molar-refractivity contribution < 1.29 is 19.1 Å². The van der Waals surface area contributed by atoms with Crippen molar-refractivity contribution in [1.29, 1.82) is 0 Å². The predicted molar refractivity (Wildman–Crippen MR) is 83.0 cm³/mol. The number of nitrogens with one attached hydrogen (secondary N) is 1. The number of likely N-dealkylation sites (N-methyl/N-ethyl adjacent to an activating group) is 1. The zero-order valence-corrected chi connectivity index (χ0v) is 13.9. The maximum absolute atomic E-state index is 11.9. The van der Waals surface area contributed by atoms with E-state index < -0.39 is 18.0 Å². The first-order valence-corrected chi connectivity index (χ1v) is 7.12. The fourth-order valence-electron chi connectivity index (χ4n) is 1.57. The molecule has 22 heavy (non-hydrogen) atoms. The molecular formula is C14H16Cl2N2O4. The highest BCUT2D eigenvalue weighted by atomic mass is 35.5. The second kappa shape index (κ2) is 8.00. The molecule has 120 valence electrons. The maximum atomic E-state index is 11.9. The number of carbonyl (C=O) groups excluding carboxylic acids is 3. The Morgan fingerprint density at radius 2 is 1.91 bits per heavy atom. The van der Waals surface area contributed by atoms with Gasteiger partial charge >= 0.3 is 5.97 Å². The van der Waals surface area contributed by atoms with Gasteiger partial charge in [0, 0.05) is 19.1 Å². The molecule has 1 N–H and O–H groups in total. The molecule has 1 aromatic rings. The van der Waals surface area contributed by atoms with E-state index in [2.05, 4.69) is 5.32 Å². The number of hydrogen-bond donors (Lipinski definition) is 1. The Kier molecular flexibility index (Phi) is 6.64. The van der Waals surface area contributed by atoms with Gasteiger partial charge in [-0.3, -0.25) is 14.4 Å². The first-order valence-electron chi connectivity index (χ1n) is 6.36. The Balaban J connectivity index is 2.53. The third-order valence-electron chi connectivity index (χ3n) is 2.67. The van der Waals surface area contributed by atoms with Crippen LogP contribution in [-0.2, 0) is 14.3 Å². The van der Waals surface area contributed by atoms with E-state index in [1.165, 1.54) is 30.0 Å². The highest BCUT2D eigenvalue weighted by Gasteiger charge is 2.20. The Hall–Kier alpha value is -1.79. The molecule has 6 nitrogen and oxygen atoms in total. The van der Waals surface area contributed by atoms with Gasteiger partial charge in [-0.2, -0.15) is 0 Å². The van der Waals surface area contributed by atoms with Crippen molar-refractivity contribution in [2.75, 3.05) is 20.6 Å². The topological polar surface area (TPSA) is 75.7 Å². The number of benzene rings is 1. The highest BCUT2D eigenvalue weighted by molar-refractivity contribution is 6.36. The van der Waals surface area contributed by atoms with Crippen molar-refractivity contribution in [2.24, 2.45) is 0 Å². The number of esters is 1. The lowest BCUT2D eigenvalue weighted by atomic mass is 10.2. The Bertz CT molecular complexity index is 590. The largest absolute Gasteiger partial charge is 0.451 e. The van der Waals surface area contributed by atoms with Gasteiger partial charge in [-0.1, -0.05) is 23.2 Å². The molecule has 0 saturated carbocycles. The lowest BCUT2D eigenvalue weighted by Crippen LogP contribution is -2.38. The fraction of sp³-hybridized carbons (Fsp3) is 0.357. The summed E-state index contributed by atoms with van der Waals surface area (Å²) in [5.74, 6) is -1.60. The van der Waals surface area contributed by atoms with E-state index >= 15 is 0 Å². The first-order chi connectivity index (χ1) is 10.2. The summed E-state index contributed by atoms with van der Waals surface area (Å²) in [6.45, 7) is 1.08. The monoisotopic (exact) mass is 346 g/mol. The summed E-state index contributed by atoms with van der Waals surface area (Å²) in [6.07, 6.45) is -0.918. The molecule has 1 rings (SSSR count). The lowest BCUT2D eigenvalue weighted by molar-refractivity contribution is -0.157. The van der Waals surface area contributed by atoms with Crippen LogP contribution >= 0.6 is 23.2 Å². The number of rotatable bonds is 5. The molecule has 0 fully saturated rings. The quantitative estimate of drug-likeness (QED) is 0.824. The van der Waals surface area contributed by atoms with Crippen molar-refractivity contribution in [3.63, 3.8) is 0 Å². The second-order valence-electron chi connectivity index (χ2n) is 4.67. The van der Waals surface area contributed by atoms with Gasteiger partial charge in [0.2, 0.25) is 0 Å². The third-order valence-corrected chi connectivity index (χ3v) is 3.21. The Morgan fingerprint density at radius 1 is 1.27 bits per heavy atom. The zero-order chi connectivity index (χ0) is 16.9. The lowest BCUT2D eigenvalue weighted by Gasteiger charge is -2.17. The number of ether oxygens (including phenoxy) is 1. The van der Waals surface area contributed by atoms with Crippen LogP contribution in [0.25, 0.3) is 0 Å². The van der Waals surface area contributed by atoms with Crippen LogP contribution in [0.5, 0.6) is 0 Å². The minimum Gasteiger partial charge on any atom is -0.451 e. The normalized spacial score (nSPS) is 11.5. The summed E-state index contributed by atoms with van der Waals surface area (Å²) in [4.78, 5) is 36.3. The summed E-state index contributed by atoms with van der Waals surface area (Å²) in [7, 11) is 3.11. The van der Waals surface area contributed by atoms with Crippen LogP contribution in [-0.4, -0.2) is 49.4 Å². The van der Waals surface area contributed by atoms with Crippen molar-refractivity contribution in [3.05, 3.63) is 33.8 Å². The van der Waals surface area contributed by atoms with E-state index in [1.807, 2.05) is 0 Å². The van der Waals surface area contributed by atoms with Gasteiger partial charge in [0.05, 0.1) is 10.6 Å². The molecular weight excluding hydrogens is 331 g/mol. The van der Waals surface area contributed by atoms with Gasteiger partial charge < -0.3 is 15.0 Å². The summed E-state index contributed by atoms with van der Waals surface area (Å²) in [5, 5.41) is 2.94. The van der Waals surface area contributed by atoms with E-state index in [-0.39, 0.29) is 23.0 Å². The highest BCUT2D eigenvalue weighted by Crippen LogP contribution is 2.20. The van der Waals surface area contributed by atoms with Gasteiger partial charge in [-0.15, -0.1) is 0 Å². The molecule has 0 aliphatic heterocycles. The third kappa shape index (κ3) is 5.20. The van der Waals surface area contributed by atoms with Crippen LogP contribution in [0.4, 0.5) is 0 Å². The average molecular weight is 347 g/mol. The van der Waals surface area contributed by atoms with Crippen LogP contribution in [0.2, 0.25) is 10.0 Å². The number of nitrogens with zero attached hydrogens (tertiary/aromatic N) is 1. The Morgan fingerprint density at radius 3 is 2.45 bits per heavy atom. The fourth-order valence-corrected chi connectivity index (χ4v) is 2.07.